The zero-order valence-electron chi connectivity index (χ0n) is 7.91. The lowest BCUT2D eigenvalue weighted by Crippen LogP contribution is -2.06. The number of hydrogen-bond acceptors (Lipinski definition) is 2. The third-order valence-corrected chi connectivity index (χ3v) is 2.19. The summed E-state index contributed by atoms with van der Waals surface area (Å²) in [7, 11) is 0. The third kappa shape index (κ3) is 2.54. The van der Waals surface area contributed by atoms with Gasteiger partial charge in [-0.15, -0.1) is 0 Å². The van der Waals surface area contributed by atoms with Crippen molar-refractivity contribution >= 4 is 0 Å². The van der Waals surface area contributed by atoms with Crippen LogP contribution in [0.2, 0.25) is 0 Å². The largest absolute Gasteiger partial charge is 0.265 e. The molecule has 0 atom stereocenters. The highest BCUT2D eigenvalue weighted by molar-refractivity contribution is 5.33. The molecule has 0 aromatic heterocycles. The maximum atomic E-state index is 10.2. The van der Waals surface area contributed by atoms with Gasteiger partial charge in [0.1, 0.15) is 0 Å². The lowest BCUT2D eigenvalue weighted by atomic mass is 10.0. The van der Waals surface area contributed by atoms with Crippen molar-refractivity contribution in [2.24, 2.45) is 0 Å². The summed E-state index contributed by atoms with van der Waals surface area (Å²) >= 11 is 0. The Morgan fingerprint density at radius 2 is 1.85 bits per heavy atom. The smallest absolute Gasteiger partial charge is 0.207 e. The molecule has 0 bridgehead atoms. The zero-order chi connectivity index (χ0) is 9.84. The van der Waals surface area contributed by atoms with E-state index in [2.05, 4.69) is 0 Å². The third-order valence-electron chi connectivity index (χ3n) is 2.19. The first-order chi connectivity index (χ1) is 6.11. The van der Waals surface area contributed by atoms with E-state index in [0.29, 0.717) is 6.42 Å². The first-order valence-corrected chi connectivity index (χ1v) is 4.28. The van der Waals surface area contributed by atoms with Gasteiger partial charge in [-0.05, 0) is 30.5 Å². The fourth-order valence-electron chi connectivity index (χ4n) is 1.45. The molecule has 1 aromatic carbocycles. The quantitative estimate of drug-likeness (QED) is 0.527. The molecular formula is C10H13NO2. The average molecular weight is 179 g/mol. The number of aryl methyl sites for hydroxylation is 2. The predicted molar refractivity (Wildman–Crippen MR) is 51.5 cm³/mol. The molecule has 0 radical (unpaired) electrons. The second kappa shape index (κ2) is 4.03. The van der Waals surface area contributed by atoms with Crippen LogP contribution in [-0.2, 0) is 6.42 Å². The van der Waals surface area contributed by atoms with Gasteiger partial charge in [0.25, 0.3) is 0 Å². The lowest BCUT2D eigenvalue weighted by molar-refractivity contribution is -0.479. The summed E-state index contributed by atoms with van der Waals surface area (Å²) < 4.78 is 0. The van der Waals surface area contributed by atoms with Gasteiger partial charge in [0, 0.05) is 11.3 Å². The van der Waals surface area contributed by atoms with Crippen LogP contribution in [0.3, 0.4) is 0 Å². The van der Waals surface area contributed by atoms with Gasteiger partial charge in [0.15, 0.2) is 0 Å². The van der Waals surface area contributed by atoms with Gasteiger partial charge in [-0.1, -0.05) is 18.2 Å². The van der Waals surface area contributed by atoms with Crippen molar-refractivity contribution in [2.75, 3.05) is 6.54 Å². The highest BCUT2D eigenvalue weighted by Crippen LogP contribution is 2.13. The molecule has 3 heteroatoms. The van der Waals surface area contributed by atoms with Gasteiger partial charge in [0.2, 0.25) is 6.54 Å². The number of benzene rings is 1. The summed E-state index contributed by atoms with van der Waals surface area (Å²) in [5, 5.41) is 10.2. The van der Waals surface area contributed by atoms with Crippen LogP contribution < -0.4 is 0 Å². The van der Waals surface area contributed by atoms with Crippen LogP contribution in [0.5, 0.6) is 0 Å². The van der Waals surface area contributed by atoms with E-state index in [1.54, 1.807) is 0 Å². The Hall–Kier alpha value is -1.38. The second-order valence-electron chi connectivity index (χ2n) is 3.18. The molecule has 0 unspecified atom stereocenters. The van der Waals surface area contributed by atoms with Crippen LogP contribution in [0, 0.1) is 24.0 Å². The van der Waals surface area contributed by atoms with Crippen molar-refractivity contribution in [1.29, 1.82) is 0 Å². The first kappa shape index (κ1) is 9.71. The Balaban J connectivity index is 2.81. The highest BCUT2D eigenvalue weighted by Gasteiger charge is 2.05. The lowest BCUT2D eigenvalue weighted by Gasteiger charge is -2.06. The molecule has 0 N–H and O–H groups in total. The van der Waals surface area contributed by atoms with Crippen molar-refractivity contribution in [2.45, 2.75) is 20.3 Å². The van der Waals surface area contributed by atoms with Crippen molar-refractivity contribution < 1.29 is 4.92 Å². The molecule has 0 aliphatic carbocycles. The monoisotopic (exact) mass is 179 g/mol. The van der Waals surface area contributed by atoms with Crippen LogP contribution in [0.15, 0.2) is 18.2 Å². The second-order valence-corrected chi connectivity index (χ2v) is 3.18. The minimum absolute atomic E-state index is 0.0195. The molecule has 0 fully saturated rings. The Morgan fingerprint density at radius 1 is 1.31 bits per heavy atom. The maximum absolute atomic E-state index is 10.2. The number of hydrogen-bond donors (Lipinski definition) is 0. The van der Waals surface area contributed by atoms with E-state index in [9.17, 15) is 10.1 Å². The molecule has 1 rings (SSSR count). The molecule has 70 valence electrons. The van der Waals surface area contributed by atoms with Gasteiger partial charge in [-0.3, -0.25) is 10.1 Å². The summed E-state index contributed by atoms with van der Waals surface area (Å²) in [6.45, 7) is 4.00. The van der Waals surface area contributed by atoms with Crippen molar-refractivity contribution in [3.63, 3.8) is 0 Å². The van der Waals surface area contributed by atoms with E-state index < -0.39 is 0 Å². The molecule has 0 saturated carbocycles. The Morgan fingerprint density at radius 3 is 2.31 bits per heavy atom. The highest BCUT2D eigenvalue weighted by atomic mass is 16.6. The normalized spacial score (nSPS) is 10.0. The predicted octanol–water partition coefficient (Wildman–Crippen LogP) is 2.12. The van der Waals surface area contributed by atoms with Crippen LogP contribution >= 0.6 is 0 Å². The summed E-state index contributed by atoms with van der Waals surface area (Å²) in [6, 6.07) is 5.95. The summed E-state index contributed by atoms with van der Waals surface area (Å²) in [6.07, 6.45) is 0.533. The summed E-state index contributed by atoms with van der Waals surface area (Å²) in [5.74, 6) is 0. The minimum Gasteiger partial charge on any atom is -0.265 e. The fraction of sp³-hybridized carbons (Fsp3) is 0.400. The van der Waals surface area contributed by atoms with Crippen LogP contribution in [0.25, 0.3) is 0 Å². The van der Waals surface area contributed by atoms with Crippen LogP contribution in [-0.4, -0.2) is 11.5 Å². The van der Waals surface area contributed by atoms with E-state index in [-0.39, 0.29) is 11.5 Å². The number of nitrogens with zero attached hydrogens (tertiary/aromatic N) is 1. The average Bonchev–Trinajstić information content (AvgIpc) is 2.03. The van der Waals surface area contributed by atoms with Gasteiger partial charge < -0.3 is 0 Å². The maximum Gasteiger partial charge on any atom is 0.207 e. The topological polar surface area (TPSA) is 43.1 Å². The van der Waals surface area contributed by atoms with E-state index in [0.717, 1.165) is 16.7 Å². The molecule has 1 aromatic rings. The van der Waals surface area contributed by atoms with Crippen molar-refractivity contribution in [1.82, 2.24) is 0 Å². The summed E-state index contributed by atoms with van der Waals surface area (Å²) in [5.41, 5.74) is 3.39. The first-order valence-electron chi connectivity index (χ1n) is 4.28. The molecule has 0 amide bonds. The minimum atomic E-state index is -0.272. The molecule has 13 heavy (non-hydrogen) atoms. The summed E-state index contributed by atoms with van der Waals surface area (Å²) in [4.78, 5) is 9.93. The number of nitro groups is 1. The van der Waals surface area contributed by atoms with Crippen molar-refractivity contribution in [3.8, 4) is 0 Å². The zero-order valence-corrected chi connectivity index (χ0v) is 7.91. The SMILES string of the molecule is Cc1cccc(C)c1CC[N+](=O)[O-]. The molecule has 0 saturated heterocycles. The van der Waals surface area contributed by atoms with E-state index in [4.69, 9.17) is 0 Å². The fourth-order valence-corrected chi connectivity index (χ4v) is 1.45. The van der Waals surface area contributed by atoms with E-state index >= 15 is 0 Å². The van der Waals surface area contributed by atoms with Crippen LogP contribution in [0.1, 0.15) is 16.7 Å². The molecule has 0 aliphatic heterocycles. The Kier molecular flexibility index (Phi) is 3.01. The van der Waals surface area contributed by atoms with E-state index in [1.807, 2.05) is 32.0 Å². The van der Waals surface area contributed by atoms with Gasteiger partial charge in [-0.25, -0.2) is 0 Å². The van der Waals surface area contributed by atoms with Crippen LogP contribution in [0.4, 0.5) is 0 Å². The molecule has 0 heterocycles. The van der Waals surface area contributed by atoms with Gasteiger partial charge in [-0.2, -0.15) is 0 Å². The Labute approximate surface area is 77.5 Å². The molecule has 0 spiro atoms. The Bertz CT molecular complexity index is 300. The van der Waals surface area contributed by atoms with Gasteiger partial charge in [0.05, 0.1) is 0 Å². The molecule has 3 nitrogen and oxygen atoms in total. The van der Waals surface area contributed by atoms with Gasteiger partial charge >= 0.3 is 0 Å². The molecule has 0 aliphatic rings. The van der Waals surface area contributed by atoms with E-state index in [1.165, 1.54) is 0 Å². The van der Waals surface area contributed by atoms with Crippen molar-refractivity contribution in [3.05, 3.63) is 45.0 Å². The molecular weight excluding hydrogens is 166 g/mol. The number of rotatable bonds is 3. The standard InChI is InChI=1S/C10H13NO2/c1-8-4-3-5-9(2)10(8)6-7-11(12)13/h3-5H,6-7H2,1-2H3.